The number of benzene rings is 1. The number of carbonyl (C=O) groups excluding carboxylic acids is 1. The van der Waals surface area contributed by atoms with Gasteiger partial charge in [-0.25, -0.2) is 0 Å². The van der Waals surface area contributed by atoms with E-state index in [1.807, 2.05) is 6.07 Å². The van der Waals surface area contributed by atoms with Crippen LogP contribution in [0.25, 0.3) is 0 Å². The van der Waals surface area contributed by atoms with Crippen LogP contribution >= 0.6 is 24.0 Å². The molecule has 0 aromatic heterocycles. The number of hydrogen-bond acceptors (Lipinski definition) is 3. The van der Waals surface area contributed by atoms with Gasteiger partial charge in [0.05, 0.1) is 6.61 Å². The third-order valence-electron chi connectivity index (χ3n) is 4.65. The van der Waals surface area contributed by atoms with E-state index in [0.717, 1.165) is 64.5 Å². The molecular weight excluding hydrogens is 455 g/mol. The number of amides is 1. The number of rotatable bonds is 9. The molecular formula is C20H33IN4O2. The summed E-state index contributed by atoms with van der Waals surface area (Å²) >= 11 is 0. The van der Waals surface area contributed by atoms with Gasteiger partial charge in [0.15, 0.2) is 5.96 Å². The Kier molecular flexibility index (Phi) is 12.1. The fourth-order valence-electron chi connectivity index (χ4n) is 3.35. The topological polar surface area (TPSA) is 80.0 Å². The average molecular weight is 488 g/mol. The number of carbonyl (C=O) groups is 1. The molecule has 1 heterocycles. The van der Waals surface area contributed by atoms with Crippen molar-refractivity contribution in [2.24, 2.45) is 16.6 Å². The Labute approximate surface area is 179 Å². The van der Waals surface area contributed by atoms with Gasteiger partial charge in [-0.2, -0.15) is 0 Å². The largest absolute Gasteiger partial charge is 0.381 e. The molecule has 3 N–H and O–H groups in total. The van der Waals surface area contributed by atoms with Gasteiger partial charge in [0.2, 0.25) is 5.91 Å². The Hall–Kier alpha value is -1.35. The van der Waals surface area contributed by atoms with Crippen LogP contribution in [0.15, 0.2) is 35.3 Å². The van der Waals surface area contributed by atoms with Gasteiger partial charge in [-0.1, -0.05) is 30.3 Å². The highest BCUT2D eigenvalue weighted by atomic mass is 127. The van der Waals surface area contributed by atoms with Crippen LogP contribution in [0.1, 0.15) is 31.2 Å². The van der Waals surface area contributed by atoms with Crippen LogP contribution in [0.4, 0.5) is 0 Å². The monoisotopic (exact) mass is 488 g/mol. The molecule has 1 aliphatic heterocycles. The van der Waals surface area contributed by atoms with Crippen LogP contribution < -0.4 is 11.1 Å². The van der Waals surface area contributed by atoms with E-state index in [2.05, 4.69) is 39.5 Å². The van der Waals surface area contributed by atoms with Crippen molar-refractivity contribution in [1.29, 1.82) is 0 Å². The second-order valence-corrected chi connectivity index (χ2v) is 6.80. The number of aliphatic imine (C=N–C) groups is 1. The zero-order chi connectivity index (χ0) is 18.6. The average Bonchev–Trinajstić information content (AvgIpc) is 2.64. The predicted octanol–water partition coefficient (Wildman–Crippen LogP) is 2.42. The second kappa shape index (κ2) is 13.8. The molecule has 1 atom stereocenters. The number of nitrogens with one attached hydrogen (secondary N) is 1. The summed E-state index contributed by atoms with van der Waals surface area (Å²) in [6, 6.07) is 10.4. The summed E-state index contributed by atoms with van der Waals surface area (Å²) < 4.78 is 5.71. The van der Waals surface area contributed by atoms with E-state index in [-0.39, 0.29) is 29.9 Å². The summed E-state index contributed by atoms with van der Waals surface area (Å²) in [5, 5.41) is 3.40. The van der Waals surface area contributed by atoms with E-state index in [1.165, 1.54) is 5.56 Å². The normalized spacial score (nSPS) is 17.3. The number of primary amides is 1. The van der Waals surface area contributed by atoms with Crippen LogP contribution in [0.2, 0.25) is 0 Å². The molecule has 2 rings (SSSR count). The van der Waals surface area contributed by atoms with Crippen molar-refractivity contribution in [2.45, 2.75) is 32.1 Å². The third-order valence-corrected chi connectivity index (χ3v) is 4.65. The molecule has 0 bridgehead atoms. The summed E-state index contributed by atoms with van der Waals surface area (Å²) in [7, 11) is 1.80. The first-order chi connectivity index (χ1) is 12.7. The van der Waals surface area contributed by atoms with Gasteiger partial charge in [0.25, 0.3) is 0 Å². The molecule has 1 aliphatic rings. The first-order valence-corrected chi connectivity index (χ1v) is 9.54. The molecule has 0 aliphatic carbocycles. The van der Waals surface area contributed by atoms with Gasteiger partial charge in [-0.15, -0.1) is 24.0 Å². The summed E-state index contributed by atoms with van der Waals surface area (Å²) in [6.45, 7) is 4.13. The highest BCUT2D eigenvalue weighted by Crippen LogP contribution is 2.19. The molecule has 1 aromatic rings. The maximum Gasteiger partial charge on any atom is 0.217 e. The molecule has 0 spiro atoms. The van der Waals surface area contributed by atoms with Crippen molar-refractivity contribution < 1.29 is 9.53 Å². The fourth-order valence-corrected chi connectivity index (χ4v) is 3.35. The number of hydrogen-bond donors (Lipinski definition) is 2. The standard InChI is InChI=1S/C20H32N4O2.HI/c1-22-20(24-12-5-9-18(16-24)15-19(21)25)23-11-6-13-26-14-10-17-7-3-2-4-8-17;/h2-4,7-8,18H,5-6,9-16H2,1H3,(H2,21,25)(H,22,23);1H. The lowest BCUT2D eigenvalue weighted by molar-refractivity contribution is -0.119. The lowest BCUT2D eigenvalue weighted by atomic mass is 9.95. The minimum Gasteiger partial charge on any atom is -0.381 e. The van der Waals surface area contributed by atoms with Gasteiger partial charge in [0.1, 0.15) is 0 Å². The Balaban J connectivity index is 0.00000364. The Morgan fingerprint density at radius 2 is 2.11 bits per heavy atom. The summed E-state index contributed by atoms with van der Waals surface area (Å²) in [5.74, 6) is 1.03. The van der Waals surface area contributed by atoms with Gasteiger partial charge >= 0.3 is 0 Å². The molecule has 27 heavy (non-hydrogen) atoms. The molecule has 6 nitrogen and oxygen atoms in total. The minimum atomic E-state index is -0.215. The van der Waals surface area contributed by atoms with Gasteiger partial charge < -0.3 is 20.7 Å². The molecule has 1 amide bonds. The lowest BCUT2D eigenvalue weighted by Crippen LogP contribution is -2.47. The smallest absolute Gasteiger partial charge is 0.217 e. The Morgan fingerprint density at radius 1 is 1.33 bits per heavy atom. The summed E-state index contributed by atoms with van der Waals surface area (Å²) in [5.41, 5.74) is 6.64. The van der Waals surface area contributed by atoms with Gasteiger partial charge in [0, 0.05) is 39.7 Å². The van der Waals surface area contributed by atoms with Crippen LogP contribution in [0.3, 0.4) is 0 Å². The molecule has 152 valence electrons. The first kappa shape index (κ1) is 23.7. The molecule has 0 saturated carbocycles. The van der Waals surface area contributed by atoms with Crippen molar-refractivity contribution >= 4 is 35.8 Å². The quantitative estimate of drug-likeness (QED) is 0.242. The number of likely N-dealkylation sites (tertiary alicyclic amines) is 1. The molecule has 0 radical (unpaired) electrons. The number of ether oxygens (including phenoxy) is 1. The van der Waals surface area contributed by atoms with E-state index in [1.54, 1.807) is 7.05 Å². The van der Waals surface area contributed by atoms with Gasteiger partial charge in [-0.3, -0.25) is 9.79 Å². The van der Waals surface area contributed by atoms with E-state index >= 15 is 0 Å². The van der Waals surface area contributed by atoms with Crippen molar-refractivity contribution in [3.8, 4) is 0 Å². The fraction of sp³-hybridized carbons (Fsp3) is 0.600. The second-order valence-electron chi connectivity index (χ2n) is 6.80. The highest BCUT2D eigenvalue weighted by molar-refractivity contribution is 14.0. The maximum absolute atomic E-state index is 11.1. The number of nitrogens with two attached hydrogens (primary N) is 1. The van der Waals surface area contributed by atoms with Crippen molar-refractivity contribution in [1.82, 2.24) is 10.2 Å². The highest BCUT2D eigenvalue weighted by Gasteiger charge is 2.23. The molecule has 1 aromatic carbocycles. The number of nitrogens with zero attached hydrogens (tertiary/aromatic N) is 2. The molecule has 1 saturated heterocycles. The zero-order valence-electron chi connectivity index (χ0n) is 16.2. The van der Waals surface area contributed by atoms with Gasteiger partial charge in [-0.05, 0) is 37.2 Å². The van der Waals surface area contributed by atoms with Crippen molar-refractivity contribution in [3.63, 3.8) is 0 Å². The number of piperidine rings is 1. The van der Waals surface area contributed by atoms with Crippen LogP contribution in [-0.2, 0) is 16.0 Å². The maximum atomic E-state index is 11.1. The van der Waals surface area contributed by atoms with Crippen molar-refractivity contribution in [2.75, 3.05) is 39.9 Å². The number of halogens is 1. The van der Waals surface area contributed by atoms with Crippen molar-refractivity contribution in [3.05, 3.63) is 35.9 Å². The van der Waals surface area contributed by atoms with E-state index in [0.29, 0.717) is 12.3 Å². The van der Waals surface area contributed by atoms with E-state index in [4.69, 9.17) is 10.5 Å². The van der Waals surface area contributed by atoms with E-state index < -0.39 is 0 Å². The summed E-state index contributed by atoms with van der Waals surface area (Å²) in [4.78, 5) is 17.7. The lowest BCUT2D eigenvalue weighted by Gasteiger charge is -2.34. The SMILES string of the molecule is CN=C(NCCCOCCc1ccccc1)N1CCCC(CC(N)=O)C1.I. The first-order valence-electron chi connectivity index (χ1n) is 9.54. The molecule has 1 unspecified atom stereocenters. The van der Waals surface area contributed by atoms with E-state index in [9.17, 15) is 4.79 Å². The van der Waals surface area contributed by atoms with Crippen LogP contribution in [0.5, 0.6) is 0 Å². The van der Waals surface area contributed by atoms with Crippen LogP contribution in [-0.4, -0.2) is 56.7 Å². The zero-order valence-corrected chi connectivity index (χ0v) is 18.6. The Bertz CT molecular complexity index is 568. The third kappa shape index (κ3) is 9.41. The minimum absolute atomic E-state index is 0. The Morgan fingerprint density at radius 3 is 2.81 bits per heavy atom. The summed E-state index contributed by atoms with van der Waals surface area (Å²) in [6.07, 6.45) is 4.48. The number of guanidine groups is 1. The molecule has 7 heteroatoms. The molecule has 1 fully saturated rings. The van der Waals surface area contributed by atoms with Crippen LogP contribution in [0, 0.1) is 5.92 Å². The predicted molar refractivity (Wildman–Crippen MR) is 120 cm³/mol.